The van der Waals surface area contributed by atoms with Crippen LogP contribution in [0.5, 0.6) is 0 Å². The van der Waals surface area contributed by atoms with Crippen LogP contribution >= 0.6 is 0 Å². The summed E-state index contributed by atoms with van der Waals surface area (Å²) < 4.78 is 13.2. The van der Waals surface area contributed by atoms with Crippen LogP contribution in [0.4, 0.5) is 4.39 Å². The van der Waals surface area contributed by atoms with E-state index in [4.69, 9.17) is 5.73 Å². The number of rotatable bonds is 7. The van der Waals surface area contributed by atoms with E-state index in [0.29, 0.717) is 12.6 Å². The van der Waals surface area contributed by atoms with Gasteiger partial charge < -0.3 is 15.4 Å². The summed E-state index contributed by atoms with van der Waals surface area (Å²) in [6, 6.07) is 2.14. The zero-order valence-corrected chi connectivity index (χ0v) is 11.4. The normalized spacial score (nSPS) is 11.5. The van der Waals surface area contributed by atoms with Crippen LogP contribution in [0.3, 0.4) is 0 Å². The van der Waals surface area contributed by atoms with E-state index in [-0.39, 0.29) is 24.0 Å². The first-order valence-corrected chi connectivity index (χ1v) is 6.17. The number of nitrogens with zero attached hydrogens (tertiary/aromatic N) is 1. The van der Waals surface area contributed by atoms with Gasteiger partial charge in [0.15, 0.2) is 6.29 Å². The summed E-state index contributed by atoms with van der Waals surface area (Å²) in [7, 11) is 1.31. The van der Waals surface area contributed by atoms with E-state index >= 15 is 0 Å². The van der Waals surface area contributed by atoms with Crippen molar-refractivity contribution in [2.45, 2.75) is 18.9 Å². The highest BCUT2D eigenvalue weighted by Gasteiger charge is 2.26. The van der Waals surface area contributed by atoms with Gasteiger partial charge in [0.1, 0.15) is 18.1 Å². The number of amides is 2. The van der Waals surface area contributed by atoms with Crippen LogP contribution in [0.1, 0.15) is 33.6 Å². The number of primary amides is 1. The van der Waals surface area contributed by atoms with Gasteiger partial charge in [0.25, 0.3) is 5.91 Å². The highest BCUT2D eigenvalue weighted by Crippen LogP contribution is 2.15. The molecule has 0 saturated carbocycles. The van der Waals surface area contributed by atoms with Crippen molar-refractivity contribution in [3.05, 3.63) is 35.1 Å². The zero-order valence-electron chi connectivity index (χ0n) is 11.4. The number of carbonyl (C=O) groups is 4. The van der Waals surface area contributed by atoms with Gasteiger partial charge in [0, 0.05) is 19.0 Å². The van der Waals surface area contributed by atoms with E-state index in [1.165, 1.54) is 13.1 Å². The summed E-state index contributed by atoms with van der Waals surface area (Å²) in [5, 5.41) is 0. The van der Waals surface area contributed by atoms with Crippen molar-refractivity contribution in [1.29, 1.82) is 0 Å². The van der Waals surface area contributed by atoms with Crippen LogP contribution in [0.25, 0.3) is 0 Å². The van der Waals surface area contributed by atoms with Gasteiger partial charge in [-0.1, -0.05) is 0 Å². The van der Waals surface area contributed by atoms with Crippen molar-refractivity contribution >= 4 is 24.4 Å². The molecule has 1 unspecified atom stereocenters. The fraction of sp³-hybridized carbons (Fsp3) is 0.286. The monoisotopic (exact) mass is 294 g/mol. The molecule has 1 aromatic rings. The molecule has 1 rings (SSSR count). The quantitative estimate of drug-likeness (QED) is 0.742. The molecule has 0 spiro atoms. The van der Waals surface area contributed by atoms with Crippen molar-refractivity contribution in [3.63, 3.8) is 0 Å². The minimum absolute atomic E-state index is 0.00635. The maximum absolute atomic E-state index is 13.2. The van der Waals surface area contributed by atoms with Crippen molar-refractivity contribution < 1.29 is 23.6 Å². The average Bonchev–Trinajstić information content (AvgIpc) is 2.46. The molecule has 6 nitrogen and oxygen atoms in total. The van der Waals surface area contributed by atoms with E-state index in [0.717, 1.165) is 17.0 Å². The molecule has 0 radical (unpaired) electrons. The maximum atomic E-state index is 13.2. The van der Waals surface area contributed by atoms with Crippen LogP contribution in [-0.4, -0.2) is 42.4 Å². The lowest BCUT2D eigenvalue weighted by atomic mass is 10.0. The molecule has 0 bridgehead atoms. The molecule has 0 heterocycles. The minimum atomic E-state index is -1.01. The molecule has 0 aliphatic heterocycles. The number of carbonyl (C=O) groups excluding carboxylic acids is 4. The van der Waals surface area contributed by atoms with Gasteiger partial charge in [-0.3, -0.25) is 14.4 Å². The van der Waals surface area contributed by atoms with E-state index in [1.807, 2.05) is 0 Å². The van der Waals surface area contributed by atoms with Gasteiger partial charge in [-0.15, -0.1) is 0 Å². The molecule has 1 aromatic carbocycles. The highest BCUT2D eigenvalue weighted by atomic mass is 19.1. The Morgan fingerprint density at radius 1 is 1.38 bits per heavy atom. The van der Waals surface area contributed by atoms with Crippen molar-refractivity contribution in [3.8, 4) is 0 Å². The van der Waals surface area contributed by atoms with E-state index in [9.17, 15) is 23.6 Å². The summed E-state index contributed by atoms with van der Waals surface area (Å²) in [6.07, 6.45) is 1.14. The van der Waals surface area contributed by atoms with Gasteiger partial charge in [-0.2, -0.15) is 0 Å². The Morgan fingerprint density at radius 2 is 2.05 bits per heavy atom. The Balaban J connectivity index is 3.10. The van der Waals surface area contributed by atoms with Crippen molar-refractivity contribution in [1.82, 2.24) is 4.90 Å². The Hall–Kier alpha value is -2.57. The molecule has 0 fully saturated rings. The molecule has 2 N–H and O–H groups in total. The number of hydrogen-bond acceptors (Lipinski definition) is 4. The fourth-order valence-corrected chi connectivity index (χ4v) is 1.90. The Kier molecular flexibility index (Phi) is 5.71. The van der Waals surface area contributed by atoms with E-state index in [2.05, 4.69) is 0 Å². The molecule has 1 atom stereocenters. The molecular formula is C14H15FN2O4. The molecule has 21 heavy (non-hydrogen) atoms. The average molecular weight is 294 g/mol. The van der Waals surface area contributed by atoms with E-state index < -0.39 is 23.7 Å². The number of aldehydes is 2. The molecule has 112 valence electrons. The van der Waals surface area contributed by atoms with Gasteiger partial charge in [-0.25, -0.2) is 4.39 Å². The molecule has 2 amide bonds. The first kappa shape index (κ1) is 16.5. The maximum Gasteiger partial charge on any atom is 0.255 e. The number of halogens is 1. The summed E-state index contributed by atoms with van der Waals surface area (Å²) in [5.74, 6) is -2.18. The SMILES string of the molecule is CN(C(=O)c1cc(F)ccc1C=O)C(CCC=O)C(N)=O. The first-order chi connectivity index (χ1) is 9.92. The predicted octanol–water partition coefficient (Wildman–Crippen LogP) is 0.543. The molecular weight excluding hydrogens is 279 g/mol. The second-order valence-corrected chi connectivity index (χ2v) is 4.43. The summed E-state index contributed by atoms with van der Waals surface area (Å²) in [4.78, 5) is 46.0. The number of nitrogens with two attached hydrogens (primary N) is 1. The number of benzene rings is 1. The van der Waals surface area contributed by atoms with Gasteiger partial charge in [0.05, 0.1) is 5.56 Å². The van der Waals surface area contributed by atoms with Crippen LogP contribution in [0.15, 0.2) is 18.2 Å². The van der Waals surface area contributed by atoms with Gasteiger partial charge in [0.2, 0.25) is 5.91 Å². The molecule has 7 heteroatoms. The van der Waals surface area contributed by atoms with Crippen LogP contribution in [0, 0.1) is 5.82 Å². The van der Waals surface area contributed by atoms with Crippen molar-refractivity contribution in [2.75, 3.05) is 7.05 Å². The first-order valence-electron chi connectivity index (χ1n) is 6.17. The lowest BCUT2D eigenvalue weighted by Gasteiger charge is -2.25. The fourth-order valence-electron chi connectivity index (χ4n) is 1.90. The topological polar surface area (TPSA) is 97.5 Å². The Bertz CT molecular complexity index is 574. The van der Waals surface area contributed by atoms with Gasteiger partial charge >= 0.3 is 0 Å². The predicted molar refractivity (Wildman–Crippen MR) is 72.2 cm³/mol. The third-order valence-corrected chi connectivity index (χ3v) is 3.05. The third-order valence-electron chi connectivity index (χ3n) is 3.05. The van der Waals surface area contributed by atoms with Crippen LogP contribution in [-0.2, 0) is 9.59 Å². The lowest BCUT2D eigenvalue weighted by Crippen LogP contribution is -2.46. The second kappa shape index (κ2) is 7.28. The molecule has 0 aliphatic carbocycles. The number of hydrogen-bond donors (Lipinski definition) is 1. The minimum Gasteiger partial charge on any atom is -0.368 e. The van der Waals surface area contributed by atoms with Crippen LogP contribution in [0.2, 0.25) is 0 Å². The number of likely N-dealkylation sites (N-methyl/N-ethyl adjacent to an activating group) is 1. The molecule has 0 aliphatic rings. The summed E-state index contributed by atoms with van der Waals surface area (Å²) in [5.41, 5.74) is 5.05. The largest absolute Gasteiger partial charge is 0.368 e. The molecule has 0 aromatic heterocycles. The highest BCUT2D eigenvalue weighted by molar-refractivity contribution is 6.03. The summed E-state index contributed by atoms with van der Waals surface area (Å²) >= 11 is 0. The van der Waals surface area contributed by atoms with Crippen molar-refractivity contribution in [2.24, 2.45) is 5.73 Å². The second-order valence-electron chi connectivity index (χ2n) is 4.43. The van der Waals surface area contributed by atoms with Crippen LogP contribution < -0.4 is 5.73 Å². The smallest absolute Gasteiger partial charge is 0.255 e. The van der Waals surface area contributed by atoms with E-state index in [1.54, 1.807) is 0 Å². The van der Waals surface area contributed by atoms with Gasteiger partial charge in [-0.05, 0) is 24.6 Å². The molecule has 0 saturated heterocycles. The standard InChI is InChI=1S/C14H15FN2O4/c1-17(12(13(16)20)3-2-6-18)14(21)11-7-10(15)5-4-9(11)8-19/h4-8,12H,2-3H2,1H3,(H2,16,20). The summed E-state index contributed by atoms with van der Waals surface area (Å²) in [6.45, 7) is 0. The third kappa shape index (κ3) is 3.95. The Morgan fingerprint density at radius 3 is 2.57 bits per heavy atom. The Labute approximate surface area is 120 Å². The lowest BCUT2D eigenvalue weighted by molar-refractivity contribution is -0.122. The zero-order chi connectivity index (χ0) is 16.0.